The van der Waals surface area contributed by atoms with Gasteiger partial charge in [0.1, 0.15) is 16.5 Å². The highest BCUT2D eigenvalue weighted by Crippen LogP contribution is 2.29. The van der Waals surface area contributed by atoms with E-state index in [1.165, 1.54) is 0 Å². The molecule has 0 saturated heterocycles. The van der Waals surface area contributed by atoms with E-state index in [9.17, 15) is 14.4 Å². The van der Waals surface area contributed by atoms with Crippen LogP contribution in [0.15, 0.2) is 89.6 Å². The number of hydrogen-bond donors (Lipinski definition) is 1. The van der Waals surface area contributed by atoms with E-state index in [-0.39, 0.29) is 22.1 Å². The zero-order valence-electron chi connectivity index (χ0n) is 15.0. The Kier molecular flexibility index (Phi) is 4.97. The zero-order chi connectivity index (χ0) is 20.4. The minimum atomic E-state index is -0.471. The number of esters is 1. The quantitative estimate of drug-likeness (QED) is 0.498. The van der Waals surface area contributed by atoms with Crippen molar-refractivity contribution in [1.29, 1.82) is 0 Å². The molecule has 142 valence electrons. The highest BCUT2D eigenvalue weighted by Gasteiger charge is 2.31. The standard InChI is InChI=1S/C23H14ClNO4/c24-19-20(22(27)18-9-5-4-8-17(18)21(19)26)25-15-10-12-16(13-11-15)29-23(28)14-6-2-1-3-7-14/h1-13,25H. The monoisotopic (exact) mass is 403 g/mol. The van der Waals surface area contributed by atoms with E-state index in [1.807, 2.05) is 6.07 Å². The lowest BCUT2D eigenvalue weighted by Gasteiger charge is -2.19. The molecule has 0 unspecified atom stereocenters. The van der Waals surface area contributed by atoms with Crippen LogP contribution >= 0.6 is 11.6 Å². The van der Waals surface area contributed by atoms with E-state index in [1.54, 1.807) is 72.8 Å². The summed E-state index contributed by atoms with van der Waals surface area (Å²) < 4.78 is 5.33. The number of allylic oxidation sites excluding steroid dienone is 2. The number of ether oxygens (including phenoxy) is 1. The van der Waals surface area contributed by atoms with Crippen LogP contribution in [0.3, 0.4) is 0 Å². The molecule has 0 atom stereocenters. The third-order valence-corrected chi connectivity index (χ3v) is 4.77. The second kappa shape index (κ2) is 7.73. The van der Waals surface area contributed by atoms with Gasteiger partial charge in [0.2, 0.25) is 11.6 Å². The Labute approximate surface area is 171 Å². The van der Waals surface area contributed by atoms with Crippen molar-refractivity contribution in [2.24, 2.45) is 0 Å². The van der Waals surface area contributed by atoms with Gasteiger partial charge >= 0.3 is 5.97 Å². The average Bonchev–Trinajstić information content (AvgIpc) is 2.77. The van der Waals surface area contributed by atoms with E-state index < -0.39 is 11.8 Å². The SMILES string of the molecule is O=C(Oc1ccc(NC2=C(Cl)C(=O)c3ccccc3C2=O)cc1)c1ccccc1. The molecule has 0 radical (unpaired) electrons. The molecule has 0 heterocycles. The maximum Gasteiger partial charge on any atom is 0.343 e. The number of carbonyl (C=O) groups excluding carboxylic acids is 3. The molecule has 0 spiro atoms. The number of carbonyl (C=O) groups is 3. The summed E-state index contributed by atoms with van der Waals surface area (Å²) in [4.78, 5) is 37.3. The lowest BCUT2D eigenvalue weighted by atomic mass is 9.92. The van der Waals surface area contributed by atoms with Crippen molar-refractivity contribution >= 4 is 34.8 Å². The predicted octanol–water partition coefficient (Wildman–Crippen LogP) is 4.85. The van der Waals surface area contributed by atoms with Gasteiger partial charge in [-0.25, -0.2) is 4.79 Å². The number of fused-ring (bicyclic) bond motifs is 1. The summed E-state index contributed by atoms with van der Waals surface area (Å²) in [5, 5.41) is 2.74. The molecule has 0 aliphatic heterocycles. The van der Waals surface area contributed by atoms with Crippen molar-refractivity contribution in [3.8, 4) is 5.75 Å². The fourth-order valence-electron chi connectivity index (χ4n) is 2.95. The van der Waals surface area contributed by atoms with Crippen LogP contribution in [0.5, 0.6) is 5.75 Å². The Morgan fingerprint density at radius 3 is 2.00 bits per heavy atom. The van der Waals surface area contributed by atoms with Gasteiger partial charge in [0.15, 0.2) is 0 Å². The summed E-state index contributed by atoms with van der Waals surface area (Å²) in [6.45, 7) is 0. The second-order valence-electron chi connectivity index (χ2n) is 6.30. The number of rotatable bonds is 4. The van der Waals surface area contributed by atoms with Crippen molar-refractivity contribution in [1.82, 2.24) is 0 Å². The van der Waals surface area contributed by atoms with Crippen molar-refractivity contribution in [3.05, 3.63) is 106 Å². The minimum absolute atomic E-state index is 0.0180. The van der Waals surface area contributed by atoms with Crippen LogP contribution in [0, 0.1) is 0 Å². The van der Waals surface area contributed by atoms with Crippen LogP contribution in [0.4, 0.5) is 5.69 Å². The maximum atomic E-state index is 12.7. The number of nitrogens with one attached hydrogen (secondary N) is 1. The van der Waals surface area contributed by atoms with Crippen molar-refractivity contribution < 1.29 is 19.1 Å². The van der Waals surface area contributed by atoms with Gasteiger partial charge in [-0.1, -0.05) is 54.1 Å². The number of ketones is 2. The molecule has 6 heteroatoms. The Hall–Kier alpha value is -3.70. The molecule has 5 nitrogen and oxygen atoms in total. The Bertz CT molecular complexity index is 1150. The van der Waals surface area contributed by atoms with Crippen LogP contribution in [-0.4, -0.2) is 17.5 Å². The van der Waals surface area contributed by atoms with Crippen molar-refractivity contribution in [2.75, 3.05) is 5.32 Å². The maximum absolute atomic E-state index is 12.7. The fraction of sp³-hybridized carbons (Fsp3) is 0. The molecule has 0 aromatic heterocycles. The highest BCUT2D eigenvalue weighted by molar-refractivity contribution is 6.50. The molecule has 4 rings (SSSR count). The number of Topliss-reactive ketones (excluding diaryl/α,β-unsaturated/α-hetero) is 2. The third-order valence-electron chi connectivity index (χ3n) is 4.41. The lowest BCUT2D eigenvalue weighted by molar-refractivity contribution is 0.0734. The average molecular weight is 404 g/mol. The number of halogens is 1. The number of hydrogen-bond acceptors (Lipinski definition) is 5. The van der Waals surface area contributed by atoms with E-state index in [0.29, 0.717) is 22.6 Å². The summed E-state index contributed by atoms with van der Waals surface area (Å²) in [6.07, 6.45) is 0. The first kappa shape index (κ1) is 18.7. The molecule has 3 aromatic carbocycles. The minimum Gasteiger partial charge on any atom is -0.423 e. The second-order valence-corrected chi connectivity index (χ2v) is 6.68. The number of anilines is 1. The Morgan fingerprint density at radius 1 is 0.759 bits per heavy atom. The summed E-state index contributed by atoms with van der Waals surface area (Å²) in [5.41, 5.74) is 1.58. The van der Waals surface area contributed by atoms with Crippen LogP contribution in [0.1, 0.15) is 31.1 Å². The van der Waals surface area contributed by atoms with Gasteiger partial charge < -0.3 is 10.1 Å². The van der Waals surface area contributed by atoms with Crippen molar-refractivity contribution in [3.63, 3.8) is 0 Å². The molecule has 1 N–H and O–H groups in total. The van der Waals surface area contributed by atoms with Gasteiger partial charge in [-0.05, 0) is 36.4 Å². The summed E-state index contributed by atoms with van der Waals surface area (Å²) in [5.74, 6) is -0.884. The van der Waals surface area contributed by atoms with Crippen LogP contribution < -0.4 is 10.1 Å². The Morgan fingerprint density at radius 2 is 1.34 bits per heavy atom. The summed E-state index contributed by atoms with van der Waals surface area (Å²) in [6, 6.07) is 21.6. The van der Waals surface area contributed by atoms with Gasteiger partial charge in [0.25, 0.3) is 0 Å². The first-order chi connectivity index (χ1) is 14.0. The van der Waals surface area contributed by atoms with Crippen LogP contribution in [-0.2, 0) is 0 Å². The van der Waals surface area contributed by atoms with E-state index in [2.05, 4.69) is 5.32 Å². The van der Waals surface area contributed by atoms with E-state index in [0.717, 1.165) is 0 Å². The first-order valence-electron chi connectivity index (χ1n) is 8.77. The zero-order valence-corrected chi connectivity index (χ0v) is 15.8. The highest BCUT2D eigenvalue weighted by atomic mass is 35.5. The topological polar surface area (TPSA) is 72.5 Å². The molecule has 29 heavy (non-hydrogen) atoms. The molecule has 0 amide bonds. The smallest absolute Gasteiger partial charge is 0.343 e. The first-order valence-corrected chi connectivity index (χ1v) is 9.15. The molecule has 3 aromatic rings. The van der Waals surface area contributed by atoms with Gasteiger partial charge in [-0.15, -0.1) is 0 Å². The van der Waals surface area contributed by atoms with Crippen LogP contribution in [0.25, 0.3) is 0 Å². The molecule has 1 aliphatic rings. The Balaban J connectivity index is 1.52. The van der Waals surface area contributed by atoms with Gasteiger partial charge in [0.05, 0.1) is 5.56 Å². The summed E-state index contributed by atoms with van der Waals surface area (Å²) in [7, 11) is 0. The van der Waals surface area contributed by atoms with Gasteiger partial charge in [0, 0.05) is 16.8 Å². The molecular weight excluding hydrogens is 390 g/mol. The molecule has 0 saturated carbocycles. The third kappa shape index (κ3) is 3.68. The number of benzene rings is 3. The van der Waals surface area contributed by atoms with Gasteiger partial charge in [-0.3, -0.25) is 9.59 Å². The molecule has 1 aliphatic carbocycles. The molecular formula is C23H14ClNO4. The van der Waals surface area contributed by atoms with Gasteiger partial charge in [-0.2, -0.15) is 0 Å². The molecule has 0 fully saturated rings. The predicted molar refractivity (Wildman–Crippen MR) is 109 cm³/mol. The largest absolute Gasteiger partial charge is 0.423 e. The molecule has 0 bridgehead atoms. The van der Waals surface area contributed by atoms with E-state index >= 15 is 0 Å². The fourth-order valence-corrected chi connectivity index (χ4v) is 3.18. The van der Waals surface area contributed by atoms with Crippen LogP contribution in [0.2, 0.25) is 0 Å². The summed E-state index contributed by atoms with van der Waals surface area (Å²) >= 11 is 6.15. The normalized spacial score (nSPS) is 13.1. The van der Waals surface area contributed by atoms with E-state index in [4.69, 9.17) is 16.3 Å². The van der Waals surface area contributed by atoms with Crippen molar-refractivity contribution in [2.45, 2.75) is 0 Å². The lowest BCUT2D eigenvalue weighted by Crippen LogP contribution is -2.24.